The van der Waals surface area contributed by atoms with E-state index in [9.17, 15) is 23.1 Å². The van der Waals surface area contributed by atoms with Crippen molar-refractivity contribution in [1.29, 1.82) is 0 Å². The number of oxime groups is 1. The Kier molecular flexibility index (Phi) is 6.32. The van der Waals surface area contributed by atoms with Gasteiger partial charge in [0.05, 0.1) is 33.9 Å². The molecule has 0 radical (unpaired) electrons. The number of nitrogens with zero attached hydrogens (tertiary/aromatic N) is 2. The Morgan fingerprint density at radius 3 is 2.09 bits per heavy atom. The van der Waals surface area contributed by atoms with Gasteiger partial charge < -0.3 is 14.8 Å². The highest BCUT2D eigenvalue weighted by Gasteiger charge is 2.62. The molecule has 0 aromatic heterocycles. The SMILES string of the molecule is CC(C)(O)C(=O)N1CC(F)(c2ccc(C3=NOC(c4cc(Cl)c(Cl)c(Cl)c4)(C(F)(F)F)C3)cc2)C1. The van der Waals surface area contributed by atoms with Crippen molar-refractivity contribution in [3.63, 3.8) is 0 Å². The Morgan fingerprint density at radius 1 is 1.06 bits per heavy atom. The van der Waals surface area contributed by atoms with E-state index >= 15 is 4.39 Å². The normalized spacial score (nSPS) is 21.9. The molecular formula is C23H19Cl3F4N2O3. The number of halogens is 7. The van der Waals surface area contributed by atoms with Crippen molar-refractivity contribution in [3.05, 3.63) is 68.2 Å². The van der Waals surface area contributed by atoms with Crippen LogP contribution >= 0.6 is 34.8 Å². The van der Waals surface area contributed by atoms with Crippen LogP contribution in [0, 0.1) is 0 Å². The molecule has 188 valence electrons. The Hall–Kier alpha value is -2.07. The minimum Gasteiger partial charge on any atom is -0.381 e. The topological polar surface area (TPSA) is 62.1 Å². The van der Waals surface area contributed by atoms with Crippen LogP contribution in [0.3, 0.4) is 0 Å². The summed E-state index contributed by atoms with van der Waals surface area (Å²) in [5, 5.41) is 13.1. The fraction of sp³-hybridized carbons (Fsp3) is 0.391. The van der Waals surface area contributed by atoms with Gasteiger partial charge in [0.2, 0.25) is 0 Å². The zero-order chi connectivity index (χ0) is 26.0. The second-order valence-corrected chi connectivity index (χ2v) is 10.3. The number of carbonyl (C=O) groups excluding carboxylic acids is 1. The van der Waals surface area contributed by atoms with Crippen molar-refractivity contribution in [3.8, 4) is 0 Å². The molecule has 1 atom stereocenters. The maximum atomic E-state index is 15.2. The molecule has 12 heteroatoms. The largest absolute Gasteiger partial charge is 0.435 e. The molecular weight excluding hydrogens is 535 g/mol. The number of likely N-dealkylation sites (tertiary alicyclic amines) is 1. The van der Waals surface area contributed by atoms with Gasteiger partial charge in [-0.2, -0.15) is 13.2 Å². The maximum absolute atomic E-state index is 15.2. The highest BCUT2D eigenvalue weighted by atomic mass is 35.5. The molecule has 2 aliphatic rings. The van der Waals surface area contributed by atoms with Gasteiger partial charge in [0, 0.05) is 12.0 Å². The van der Waals surface area contributed by atoms with Crippen LogP contribution < -0.4 is 0 Å². The Labute approximate surface area is 213 Å². The molecule has 0 saturated carbocycles. The third-order valence-electron chi connectivity index (χ3n) is 6.07. The van der Waals surface area contributed by atoms with Crippen LogP contribution in [0.25, 0.3) is 0 Å². The summed E-state index contributed by atoms with van der Waals surface area (Å²) in [5.41, 5.74) is -6.08. The van der Waals surface area contributed by atoms with Crippen molar-refractivity contribution in [1.82, 2.24) is 4.90 Å². The lowest BCUT2D eigenvalue weighted by molar-refractivity contribution is -0.275. The monoisotopic (exact) mass is 552 g/mol. The number of aliphatic hydroxyl groups is 1. The minimum atomic E-state index is -4.87. The van der Waals surface area contributed by atoms with E-state index in [4.69, 9.17) is 39.6 Å². The molecule has 5 nitrogen and oxygen atoms in total. The Balaban J connectivity index is 1.55. The van der Waals surface area contributed by atoms with Crippen molar-refractivity contribution in [2.45, 2.75) is 43.3 Å². The summed E-state index contributed by atoms with van der Waals surface area (Å²) in [6.45, 7) is 2.16. The van der Waals surface area contributed by atoms with E-state index in [2.05, 4.69) is 5.16 Å². The molecule has 2 aliphatic heterocycles. The van der Waals surface area contributed by atoms with Crippen molar-refractivity contribution in [2.24, 2.45) is 5.16 Å². The summed E-state index contributed by atoms with van der Waals surface area (Å²) < 4.78 is 57.8. The molecule has 2 aromatic rings. The highest BCUT2D eigenvalue weighted by Crippen LogP contribution is 2.50. The molecule has 35 heavy (non-hydrogen) atoms. The van der Waals surface area contributed by atoms with Crippen LogP contribution in [0.2, 0.25) is 15.1 Å². The molecule has 2 aromatic carbocycles. The number of hydrogen-bond donors (Lipinski definition) is 1. The highest BCUT2D eigenvalue weighted by molar-refractivity contribution is 6.48. The molecule has 0 spiro atoms. The summed E-state index contributed by atoms with van der Waals surface area (Å²) in [6, 6.07) is 7.80. The van der Waals surface area contributed by atoms with Crippen LogP contribution in [0.15, 0.2) is 41.6 Å². The van der Waals surface area contributed by atoms with Crippen LogP contribution in [0.1, 0.15) is 37.0 Å². The van der Waals surface area contributed by atoms with Crippen molar-refractivity contribution >= 4 is 46.4 Å². The summed E-state index contributed by atoms with van der Waals surface area (Å²) in [5.74, 6) is -0.592. The smallest absolute Gasteiger partial charge is 0.381 e. The van der Waals surface area contributed by atoms with Gasteiger partial charge in [0.1, 0.15) is 5.60 Å². The third-order valence-corrected chi connectivity index (χ3v) is 7.26. The first-order valence-electron chi connectivity index (χ1n) is 10.4. The molecule has 4 rings (SSSR count). The lowest BCUT2D eigenvalue weighted by Gasteiger charge is -2.46. The van der Waals surface area contributed by atoms with Crippen LogP contribution in [-0.4, -0.2) is 46.5 Å². The Morgan fingerprint density at radius 2 is 1.60 bits per heavy atom. The van der Waals surface area contributed by atoms with E-state index in [0.29, 0.717) is 5.56 Å². The van der Waals surface area contributed by atoms with Crippen molar-refractivity contribution in [2.75, 3.05) is 13.1 Å². The average Bonchev–Trinajstić information content (AvgIpc) is 3.21. The van der Waals surface area contributed by atoms with E-state index in [-0.39, 0.29) is 45.0 Å². The van der Waals surface area contributed by atoms with Gasteiger partial charge in [0.15, 0.2) is 5.67 Å². The lowest BCUT2D eigenvalue weighted by atomic mass is 9.84. The van der Waals surface area contributed by atoms with Gasteiger partial charge in [-0.3, -0.25) is 4.79 Å². The van der Waals surface area contributed by atoms with Gasteiger partial charge in [-0.25, -0.2) is 4.39 Å². The van der Waals surface area contributed by atoms with E-state index in [0.717, 1.165) is 12.1 Å². The molecule has 0 aliphatic carbocycles. The third kappa shape index (κ3) is 4.48. The van der Waals surface area contributed by atoms with E-state index in [1.165, 1.54) is 43.0 Å². The molecule has 1 amide bonds. The second-order valence-electron chi connectivity index (χ2n) is 9.15. The first-order valence-corrected chi connectivity index (χ1v) is 11.5. The van der Waals surface area contributed by atoms with Gasteiger partial charge in [-0.15, -0.1) is 0 Å². The number of carbonyl (C=O) groups is 1. The van der Waals surface area contributed by atoms with Crippen LogP contribution in [0.5, 0.6) is 0 Å². The molecule has 1 fully saturated rings. The van der Waals surface area contributed by atoms with Crippen LogP contribution in [-0.2, 0) is 20.9 Å². The quantitative estimate of drug-likeness (QED) is 0.373. The van der Waals surface area contributed by atoms with Gasteiger partial charge in [-0.1, -0.05) is 64.2 Å². The fourth-order valence-electron chi connectivity index (χ4n) is 4.08. The van der Waals surface area contributed by atoms with Gasteiger partial charge in [-0.05, 0) is 37.1 Å². The van der Waals surface area contributed by atoms with Gasteiger partial charge in [0.25, 0.3) is 11.5 Å². The minimum absolute atomic E-state index is 0.00331. The number of benzene rings is 2. The van der Waals surface area contributed by atoms with Gasteiger partial charge >= 0.3 is 6.18 Å². The molecule has 1 saturated heterocycles. The summed E-state index contributed by atoms with van der Waals surface area (Å²) >= 11 is 17.8. The zero-order valence-corrected chi connectivity index (χ0v) is 20.7. The van der Waals surface area contributed by atoms with E-state index < -0.39 is 35.4 Å². The first-order chi connectivity index (χ1) is 16.1. The predicted molar refractivity (Wildman–Crippen MR) is 124 cm³/mol. The number of alkyl halides is 4. The number of rotatable bonds is 4. The molecule has 1 N–H and O–H groups in total. The summed E-state index contributed by atoms with van der Waals surface area (Å²) in [7, 11) is 0. The molecule has 1 unspecified atom stereocenters. The first kappa shape index (κ1) is 26.0. The molecule has 0 bridgehead atoms. The predicted octanol–water partition coefficient (Wildman–Crippen LogP) is 6.01. The number of hydrogen-bond acceptors (Lipinski definition) is 4. The fourth-order valence-corrected chi connectivity index (χ4v) is 4.68. The number of amides is 1. The second kappa shape index (κ2) is 8.50. The van der Waals surface area contributed by atoms with E-state index in [1.54, 1.807) is 0 Å². The summed E-state index contributed by atoms with van der Waals surface area (Å²) in [6.07, 6.45) is -5.54. The van der Waals surface area contributed by atoms with Crippen molar-refractivity contribution < 1.29 is 32.3 Å². The van der Waals surface area contributed by atoms with Crippen LogP contribution in [0.4, 0.5) is 17.6 Å². The Bertz CT molecular complexity index is 1180. The standard InChI is InChI=1S/C23H19Cl3F4N2O3/c1-20(2,34)19(33)32-10-21(27,11-32)13-5-3-12(4-6-13)17-9-22(35-31-17,23(28,29)30)14-7-15(24)18(26)16(25)8-14/h3-8,34H,9-11H2,1-2H3. The average molecular weight is 554 g/mol. The summed E-state index contributed by atoms with van der Waals surface area (Å²) in [4.78, 5) is 18.2. The maximum Gasteiger partial charge on any atom is 0.435 e. The lowest BCUT2D eigenvalue weighted by Crippen LogP contribution is -2.62. The zero-order valence-electron chi connectivity index (χ0n) is 18.4. The van der Waals surface area contributed by atoms with E-state index in [1.807, 2.05) is 0 Å². The molecule has 2 heterocycles.